The lowest BCUT2D eigenvalue weighted by molar-refractivity contribution is -0.118. The second-order valence-corrected chi connectivity index (χ2v) is 6.90. The summed E-state index contributed by atoms with van der Waals surface area (Å²) >= 11 is 7.84. The summed E-state index contributed by atoms with van der Waals surface area (Å²) in [6.45, 7) is 1.78. The van der Waals surface area contributed by atoms with Gasteiger partial charge in [-0.15, -0.1) is 24.2 Å². The van der Waals surface area contributed by atoms with E-state index in [1.165, 1.54) is 18.2 Å². The van der Waals surface area contributed by atoms with Gasteiger partial charge < -0.3 is 10.6 Å². The van der Waals surface area contributed by atoms with Crippen molar-refractivity contribution in [2.75, 3.05) is 18.8 Å². The van der Waals surface area contributed by atoms with Crippen molar-refractivity contribution in [1.82, 2.24) is 10.6 Å². The zero-order valence-electron chi connectivity index (χ0n) is 12.7. The van der Waals surface area contributed by atoms with Gasteiger partial charge in [0.15, 0.2) is 0 Å². The highest BCUT2D eigenvalue weighted by molar-refractivity contribution is 8.00. The standard InChI is InChI=1S/C17H19ClN2OS.ClH/c18-14-7-1-4-12-5-2-8-15(17(12)14)22-11-16(21)20-10-13-6-3-9-19-13;/h1-2,4-5,7-8,13,19H,3,6,9-11H2,(H,20,21);1H. The summed E-state index contributed by atoms with van der Waals surface area (Å²) in [4.78, 5) is 13.1. The number of benzene rings is 2. The van der Waals surface area contributed by atoms with Crippen LogP contribution >= 0.6 is 35.8 Å². The molecular weight excluding hydrogens is 351 g/mol. The number of nitrogens with one attached hydrogen (secondary N) is 2. The van der Waals surface area contributed by atoms with Gasteiger partial charge in [-0.25, -0.2) is 0 Å². The number of hydrogen-bond acceptors (Lipinski definition) is 3. The minimum atomic E-state index is 0. The third kappa shape index (κ3) is 4.77. The van der Waals surface area contributed by atoms with E-state index >= 15 is 0 Å². The highest BCUT2D eigenvalue weighted by atomic mass is 35.5. The topological polar surface area (TPSA) is 41.1 Å². The maximum atomic E-state index is 12.0. The van der Waals surface area contributed by atoms with Crippen LogP contribution in [0.5, 0.6) is 0 Å². The number of carbonyl (C=O) groups excluding carboxylic acids is 1. The van der Waals surface area contributed by atoms with Crippen LogP contribution in [0, 0.1) is 0 Å². The van der Waals surface area contributed by atoms with Crippen LogP contribution in [0.2, 0.25) is 5.02 Å². The van der Waals surface area contributed by atoms with E-state index in [9.17, 15) is 4.79 Å². The third-order valence-electron chi connectivity index (χ3n) is 3.88. The Morgan fingerprint density at radius 2 is 2.09 bits per heavy atom. The number of fused-ring (bicyclic) bond motifs is 1. The monoisotopic (exact) mass is 370 g/mol. The summed E-state index contributed by atoms with van der Waals surface area (Å²) in [5.41, 5.74) is 0. The Labute approximate surface area is 152 Å². The van der Waals surface area contributed by atoms with Gasteiger partial charge in [-0.1, -0.05) is 35.9 Å². The van der Waals surface area contributed by atoms with Gasteiger partial charge >= 0.3 is 0 Å². The molecule has 1 amide bonds. The molecule has 0 radical (unpaired) electrons. The zero-order valence-corrected chi connectivity index (χ0v) is 15.1. The van der Waals surface area contributed by atoms with Crippen LogP contribution in [0.4, 0.5) is 0 Å². The summed E-state index contributed by atoms with van der Waals surface area (Å²) in [7, 11) is 0. The first-order valence-corrected chi connectivity index (χ1v) is 8.90. The number of thioether (sulfide) groups is 1. The molecule has 23 heavy (non-hydrogen) atoms. The Morgan fingerprint density at radius 1 is 1.30 bits per heavy atom. The largest absolute Gasteiger partial charge is 0.354 e. The van der Waals surface area contributed by atoms with Gasteiger partial charge in [0.05, 0.1) is 5.75 Å². The maximum Gasteiger partial charge on any atom is 0.230 e. The Bertz CT molecular complexity index is 669. The van der Waals surface area contributed by atoms with Crippen molar-refractivity contribution in [1.29, 1.82) is 0 Å². The van der Waals surface area contributed by atoms with Crippen LogP contribution < -0.4 is 10.6 Å². The van der Waals surface area contributed by atoms with Gasteiger partial charge in [0.2, 0.25) is 5.91 Å². The molecule has 2 aromatic rings. The first-order chi connectivity index (χ1) is 10.7. The highest BCUT2D eigenvalue weighted by Crippen LogP contribution is 2.32. The van der Waals surface area contributed by atoms with Crippen LogP contribution in [0.15, 0.2) is 41.3 Å². The van der Waals surface area contributed by atoms with Crippen LogP contribution in [-0.4, -0.2) is 30.8 Å². The average Bonchev–Trinajstić information content (AvgIpc) is 3.04. The summed E-state index contributed by atoms with van der Waals surface area (Å²) in [5, 5.41) is 9.25. The zero-order chi connectivity index (χ0) is 15.4. The quantitative estimate of drug-likeness (QED) is 0.784. The molecule has 1 fully saturated rings. The average molecular weight is 371 g/mol. The Hall–Kier alpha value is -0.940. The van der Waals surface area contributed by atoms with Crippen molar-refractivity contribution in [3.8, 4) is 0 Å². The van der Waals surface area contributed by atoms with Gasteiger partial charge in [-0.3, -0.25) is 4.79 Å². The molecule has 0 aromatic heterocycles. The number of halogens is 2. The summed E-state index contributed by atoms with van der Waals surface area (Å²) in [6, 6.07) is 12.4. The number of carbonyl (C=O) groups is 1. The van der Waals surface area contributed by atoms with Gasteiger partial charge in [0.1, 0.15) is 0 Å². The van der Waals surface area contributed by atoms with Crippen molar-refractivity contribution < 1.29 is 4.79 Å². The van der Waals surface area contributed by atoms with Gasteiger partial charge in [-0.05, 0) is 36.9 Å². The predicted octanol–water partition coefficient (Wildman–Crippen LogP) is 3.88. The van der Waals surface area contributed by atoms with Crippen molar-refractivity contribution in [2.45, 2.75) is 23.8 Å². The molecule has 2 N–H and O–H groups in total. The van der Waals surface area contributed by atoms with E-state index in [4.69, 9.17) is 11.6 Å². The van der Waals surface area contributed by atoms with Gasteiger partial charge in [-0.2, -0.15) is 0 Å². The molecule has 124 valence electrons. The summed E-state index contributed by atoms with van der Waals surface area (Å²) in [5.74, 6) is 0.486. The second kappa shape index (κ2) is 8.78. The molecule has 0 bridgehead atoms. The third-order valence-corrected chi connectivity index (χ3v) is 5.26. The van der Waals surface area contributed by atoms with Crippen LogP contribution in [0.1, 0.15) is 12.8 Å². The van der Waals surface area contributed by atoms with Crippen LogP contribution in [0.3, 0.4) is 0 Å². The predicted molar refractivity (Wildman–Crippen MR) is 101 cm³/mol. The first kappa shape index (κ1) is 18.4. The summed E-state index contributed by atoms with van der Waals surface area (Å²) in [6.07, 6.45) is 2.34. The molecule has 1 saturated heterocycles. The molecule has 3 rings (SSSR count). The summed E-state index contributed by atoms with van der Waals surface area (Å²) < 4.78 is 0. The smallest absolute Gasteiger partial charge is 0.230 e. The normalized spacial score (nSPS) is 17.0. The molecule has 3 nitrogen and oxygen atoms in total. The van der Waals surface area contributed by atoms with E-state index in [-0.39, 0.29) is 18.3 Å². The number of rotatable bonds is 5. The molecule has 1 aliphatic rings. The van der Waals surface area contributed by atoms with E-state index in [0.717, 1.165) is 40.2 Å². The fourth-order valence-electron chi connectivity index (χ4n) is 2.74. The molecule has 0 saturated carbocycles. The number of amides is 1. The van der Waals surface area contributed by atoms with Crippen molar-refractivity contribution in [3.63, 3.8) is 0 Å². The van der Waals surface area contributed by atoms with Gasteiger partial charge in [0, 0.05) is 27.9 Å². The molecule has 1 heterocycles. The SMILES string of the molecule is Cl.O=C(CSc1cccc2cccc(Cl)c12)NCC1CCCN1. The first-order valence-electron chi connectivity index (χ1n) is 7.54. The molecule has 2 aromatic carbocycles. The molecule has 1 atom stereocenters. The van der Waals surface area contributed by atoms with Crippen molar-refractivity contribution >= 4 is 52.4 Å². The van der Waals surface area contributed by atoms with Gasteiger partial charge in [0.25, 0.3) is 0 Å². The van der Waals surface area contributed by atoms with Crippen LogP contribution in [0.25, 0.3) is 10.8 Å². The second-order valence-electron chi connectivity index (χ2n) is 5.48. The van der Waals surface area contributed by atoms with Crippen molar-refractivity contribution in [2.24, 2.45) is 0 Å². The molecule has 6 heteroatoms. The van der Waals surface area contributed by atoms with E-state index in [2.05, 4.69) is 10.6 Å². The van der Waals surface area contributed by atoms with E-state index in [1.54, 1.807) is 0 Å². The van der Waals surface area contributed by atoms with Crippen molar-refractivity contribution in [3.05, 3.63) is 41.4 Å². The van der Waals surface area contributed by atoms with E-state index in [1.807, 2.05) is 36.4 Å². The maximum absolute atomic E-state index is 12.0. The Kier molecular flexibility index (Phi) is 7.03. The molecule has 1 aliphatic heterocycles. The molecule has 0 aliphatic carbocycles. The number of hydrogen-bond donors (Lipinski definition) is 2. The van der Waals surface area contributed by atoms with E-state index < -0.39 is 0 Å². The lowest BCUT2D eigenvalue weighted by Gasteiger charge is -2.12. The minimum absolute atomic E-state index is 0. The van der Waals surface area contributed by atoms with E-state index in [0.29, 0.717) is 11.8 Å². The Balaban J connectivity index is 0.00000192. The fourth-order valence-corrected chi connectivity index (χ4v) is 4.02. The van der Waals surface area contributed by atoms with Crippen LogP contribution in [-0.2, 0) is 4.79 Å². The minimum Gasteiger partial charge on any atom is -0.354 e. The Morgan fingerprint density at radius 3 is 2.83 bits per heavy atom. The fraction of sp³-hybridized carbons (Fsp3) is 0.353. The molecule has 0 spiro atoms. The molecule has 1 unspecified atom stereocenters. The lowest BCUT2D eigenvalue weighted by Crippen LogP contribution is -2.37. The highest BCUT2D eigenvalue weighted by Gasteiger charge is 2.15. The molecular formula is C17H20Cl2N2OS. The lowest BCUT2D eigenvalue weighted by atomic mass is 10.1.